The molecule has 2 atom stereocenters. The van der Waals surface area contributed by atoms with E-state index in [1.54, 1.807) is 19.3 Å². The van der Waals surface area contributed by atoms with E-state index in [9.17, 15) is 22.8 Å². The van der Waals surface area contributed by atoms with Crippen LogP contribution in [0.5, 0.6) is 0 Å². The number of rotatable bonds is 4. The van der Waals surface area contributed by atoms with E-state index in [-0.39, 0.29) is 23.9 Å². The van der Waals surface area contributed by atoms with Crippen molar-refractivity contribution in [2.75, 3.05) is 45.9 Å². The van der Waals surface area contributed by atoms with Gasteiger partial charge in [0.2, 0.25) is 5.91 Å². The minimum absolute atomic E-state index is 0.000936. The summed E-state index contributed by atoms with van der Waals surface area (Å²) in [5.41, 5.74) is 0.611. The van der Waals surface area contributed by atoms with Gasteiger partial charge >= 0.3 is 12.1 Å². The first-order valence-corrected chi connectivity index (χ1v) is 10.3. The maximum absolute atomic E-state index is 12.8. The molecule has 3 aliphatic rings. The molecule has 2 amide bonds. The third-order valence-electron chi connectivity index (χ3n) is 5.97. The molecule has 0 saturated carbocycles. The lowest BCUT2D eigenvalue weighted by atomic mass is 10.1. The van der Waals surface area contributed by atoms with E-state index in [1.807, 2.05) is 9.80 Å². The van der Waals surface area contributed by atoms with E-state index in [2.05, 4.69) is 4.90 Å². The highest BCUT2D eigenvalue weighted by Crippen LogP contribution is 2.33. The number of carbonyl (C=O) groups is 3. The number of nitrogens with zero attached hydrogens (tertiary/aromatic N) is 3. The topological polar surface area (TPSA) is 104 Å². The highest BCUT2D eigenvalue weighted by atomic mass is 19.4. The Kier molecular flexibility index (Phi) is 7.44. The number of hydrogen-bond acceptors (Lipinski definition) is 6. The summed E-state index contributed by atoms with van der Waals surface area (Å²) in [6.07, 6.45) is -2.23. The number of halogens is 3. The van der Waals surface area contributed by atoms with Gasteiger partial charge in [-0.1, -0.05) is 0 Å². The van der Waals surface area contributed by atoms with E-state index >= 15 is 0 Å². The number of morpholine rings is 1. The zero-order valence-corrected chi connectivity index (χ0v) is 17.6. The number of hydrogen-bond donors (Lipinski definition) is 1. The maximum Gasteiger partial charge on any atom is 0.490 e. The summed E-state index contributed by atoms with van der Waals surface area (Å²) in [6.45, 7) is 7.54. The van der Waals surface area contributed by atoms with Crippen molar-refractivity contribution in [3.8, 4) is 0 Å². The second-order valence-corrected chi connectivity index (χ2v) is 7.86. The molecule has 1 aromatic rings. The van der Waals surface area contributed by atoms with Gasteiger partial charge in [-0.05, 0) is 19.4 Å². The Labute approximate surface area is 182 Å². The number of aryl methyl sites for hydroxylation is 1. The molecule has 0 unspecified atom stereocenters. The SMILES string of the molecule is Cc1occc1C(=O)N1CC[C@@H]2[C@@H]1CC(=O)N2CCN1CCOCC1.O=C(O)C(F)(F)F. The van der Waals surface area contributed by atoms with Gasteiger partial charge in [0.25, 0.3) is 5.91 Å². The summed E-state index contributed by atoms with van der Waals surface area (Å²) in [5, 5.41) is 7.12. The normalized spacial score (nSPS) is 23.7. The molecule has 12 heteroatoms. The number of fused-ring (bicyclic) bond motifs is 1. The lowest BCUT2D eigenvalue weighted by molar-refractivity contribution is -0.192. The number of aliphatic carboxylic acids is 1. The maximum atomic E-state index is 12.8. The average molecular weight is 461 g/mol. The third kappa shape index (κ3) is 5.41. The largest absolute Gasteiger partial charge is 0.490 e. The van der Waals surface area contributed by atoms with Crippen molar-refractivity contribution in [1.82, 2.24) is 14.7 Å². The first-order chi connectivity index (χ1) is 15.1. The quantitative estimate of drug-likeness (QED) is 0.722. The van der Waals surface area contributed by atoms with Gasteiger partial charge < -0.3 is 24.1 Å². The lowest BCUT2D eigenvalue weighted by Crippen LogP contribution is -2.45. The first-order valence-electron chi connectivity index (χ1n) is 10.3. The fourth-order valence-electron chi connectivity index (χ4n) is 4.31. The molecule has 0 bridgehead atoms. The van der Waals surface area contributed by atoms with Crippen LogP contribution in [0.25, 0.3) is 0 Å². The van der Waals surface area contributed by atoms with Crippen molar-refractivity contribution in [3.05, 3.63) is 23.7 Å². The van der Waals surface area contributed by atoms with Crippen molar-refractivity contribution in [1.29, 1.82) is 0 Å². The van der Waals surface area contributed by atoms with Crippen molar-refractivity contribution in [3.63, 3.8) is 0 Å². The molecule has 178 valence electrons. The summed E-state index contributed by atoms with van der Waals surface area (Å²) in [4.78, 5) is 40.4. The van der Waals surface area contributed by atoms with Gasteiger partial charge in [-0.3, -0.25) is 14.5 Å². The molecule has 32 heavy (non-hydrogen) atoms. The van der Waals surface area contributed by atoms with Crippen molar-refractivity contribution < 1.29 is 41.8 Å². The van der Waals surface area contributed by atoms with E-state index in [0.717, 1.165) is 45.8 Å². The van der Waals surface area contributed by atoms with Crippen molar-refractivity contribution >= 4 is 17.8 Å². The molecule has 3 fully saturated rings. The van der Waals surface area contributed by atoms with Crippen LogP contribution in [0.15, 0.2) is 16.7 Å². The number of furan rings is 1. The smallest absolute Gasteiger partial charge is 0.475 e. The van der Waals surface area contributed by atoms with Gasteiger partial charge in [0.1, 0.15) is 5.76 Å². The number of carbonyl (C=O) groups excluding carboxylic acids is 2. The molecule has 1 aromatic heterocycles. The predicted octanol–water partition coefficient (Wildman–Crippen LogP) is 1.37. The van der Waals surface area contributed by atoms with Crippen LogP contribution in [0.1, 0.15) is 29.0 Å². The molecule has 9 nitrogen and oxygen atoms in total. The van der Waals surface area contributed by atoms with E-state index in [4.69, 9.17) is 19.1 Å². The van der Waals surface area contributed by atoms with Crippen LogP contribution in [0.4, 0.5) is 13.2 Å². The summed E-state index contributed by atoms with van der Waals surface area (Å²) in [5.74, 6) is -1.96. The van der Waals surface area contributed by atoms with Crippen LogP contribution in [0, 0.1) is 6.92 Å². The lowest BCUT2D eigenvalue weighted by Gasteiger charge is -2.30. The van der Waals surface area contributed by atoms with Crippen molar-refractivity contribution in [2.45, 2.75) is 38.0 Å². The van der Waals surface area contributed by atoms with Crippen LogP contribution in [0.2, 0.25) is 0 Å². The highest BCUT2D eigenvalue weighted by Gasteiger charge is 2.48. The summed E-state index contributed by atoms with van der Waals surface area (Å²) in [7, 11) is 0. The monoisotopic (exact) mass is 461 g/mol. The summed E-state index contributed by atoms with van der Waals surface area (Å²) >= 11 is 0. The van der Waals surface area contributed by atoms with E-state index < -0.39 is 12.1 Å². The second kappa shape index (κ2) is 9.90. The standard InChI is InChI=1S/C18H25N3O4.C2HF3O2/c1-13-14(3-9-25-13)18(23)21-4-2-15-16(21)12-17(22)20(15)6-5-19-7-10-24-11-8-19;3-2(4,5)1(6)7/h3,9,15-16H,2,4-8,10-12H2,1H3;(H,6,7)/t15-,16+;/m1./s1. The summed E-state index contributed by atoms with van der Waals surface area (Å²) < 4.78 is 42.4. The molecular formula is C20H26F3N3O6. The zero-order chi connectivity index (χ0) is 23.5. The number of carboxylic acid groups (broad SMARTS) is 1. The second-order valence-electron chi connectivity index (χ2n) is 7.86. The van der Waals surface area contributed by atoms with E-state index in [1.165, 1.54) is 0 Å². The highest BCUT2D eigenvalue weighted by molar-refractivity contribution is 5.96. The Morgan fingerprint density at radius 2 is 1.81 bits per heavy atom. The Hall–Kier alpha value is -2.60. The van der Waals surface area contributed by atoms with Gasteiger partial charge in [0.15, 0.2) is 0 Å². The summed E-state index contributed by atoms with van der Waals surface area (Å²) in [6, 6.07) is 1.88. The van der Waals surface area contributed by atoms with Gasteiger partial charge in [-0.2, -0.15) is 13.2 Å². The molecule has 0 aromatic carbocycles. The fraction of sp³-hybridized carbons (Fsp3) is 0.650. The number of alkyl halides is 3. The van der Waals surface area contributed by atoms with Crippen LogP contribution in [-0.4, -0.2) is 102 Å². The van der Waals surface area contributed by atoms with Gasteiger partial charge in [-0.25, -0.2) is 4.79 Å². The average Bonchev–Trinajstić information content (AvgIpc) is 3.42. The molecule has 4 rings (SSSR count). The Morgan fingerprint density at radius 3 is 2.38 bits per heavy atom. The Morgan fingerprint density at radius 1 is 1.16 bits per heavy atom. The molecular weight excluding hydrogens is 435 g/mol. The van der Waals surface area contributed by atoms with Crippen LogP contribution < -0.4 is 0 Å². The van der Waals surface area contributed by atoms with Crippen LogP contribution in [0.3, 0.4) is 0 Å². The molecule has 0 spiro atoms. The van der Waals surface area contributed by atoms with Gasteiger partial charge in [0, 0.05) is 39.1 Å². The predicted molar refractivity (Wildman–Crippen MR) is 104 cm³/mol. The third-order valence-corrected chi connectivity index (χ3v) is 5.97. The molecule has 0 aliphatic carbocycles. The zero-order valence-electron chi connectivity index (χ0n) is 17.6. The Balaban J connectivity index is 0.000000360. The Bertz CT molecular complexity index is 837. The minimum atomic E-state index is -5.08. The minimum Gasteiger partial charge on any atom is -0.475 e. The molecule has 0 radical (unpaired) electrons. The number of likely N-dealkylation sites (tertiary alicyclic amines) is 2. The van der Waals surface area contributed by atoms with Gasteiger partial charge in [0.05, 0.1) is 37.1 Å². The molecule has 3 aliphatic heterocycles. The van der Waals surface area contributed by atoms with E-state index in [0.29, 0.717) is 24.3 Å². The number of carboxylic acids is 1. The van der Waals surface area contributed by atoms with Crippen LogP contribution in [-0.2, 0) is 14.3 Å². The number of ether oxygens (including phenoxy) is 1. The molecule has 3 saturated heterocycles. The number of amides is 2. The van der Waals surface area contributed by atoms with Crippen LogP contribution >= 0.6 is 0 Å². The molecule has 4 heterocycles. The fourth-order valence-corrected chi connectivity index (χ4v) is 4.31. The molecule has 1 N–H and O–H groups in total. The first kappa shape index (κ1) is 24.1. The van der Waals surface area contributed by atoms with Gasteiger partial charge in [-0.15, -0.1) is 0 Å². The van der Waals surface area contributed by atoms with Crippen molar-refractivity contribution in [2.24, 2.45) is 0 Å².